The van der Waals surface area contributed by atoms with Crippen LogP contribution < -0.4 is 5.56 Å². The van der Waals surface area contributed by atoms with Crippen LogP contribution >= 0.6 is 0 Å². The van der Waals surface area contributed by atoms with Gasteiger partial charge in [-0.15, -0.1) is 0 Å². The van der Waals surface area contributed by atoms with Gasteiger partial charge in [0.15, 0.2) is 0 Å². The van der Waals surface area contributed by atoms with Crippen LogP contribution in [0.2, 0.25) is 0 Å². The molecule has 0 N–H and O–H groups in total. The normalized spacial score (nSPS) is 18.6. The molecule has 1 aliphatic heterocycles. The number of aromatic nitrogens is 2. The van der Waals surface area contributed by atoms with Gasteiger partial charge in [-0.1, -0.05) is 19.1 Å². The molecule has 0 radical (unpaired) electrons. The maximum atomic E-state index is 12.5. The number of amides is 1. The number of carbonyl (C=O) groups is 1. The maximum absolute atomic E-state index is 12.5. The summed E-state index contributed by atoms with van der Waals surface area (Å²) in [4.78, 5) is 31.1. The molecule has 1 unspecified atom stereocenters. The highest BCUT2D eigenvalue weighted by molar-refractivity contribution is 5.81. The van der Waals surface area contributed by atoms with Crippen molar-refractivity contribution in [1.82, 2.24) is 14.5 Å². The lowest BCUT2D eigenvalue weighted by Gasteiger charge is -2.31. The van der Waals surface area contributed by atoms with E-state index in [4.69, 9.17) is 0 Å². The number of rotatable bonds is 2. The van der Waals surface area contributed by atoms with Gasteiger partial charge in [0, 0.05) is 13.1 Å². The van der Waals surface area contributed by atoms with E-state index in [0.717, 1.165) is 25.1 Å². The van der Waals surface area contributed by atoms with E-state index in [1.54, 1.807) is 6.07 Å². The second-order valence-electron chi connectivity index (χ2n) is 6.24. The molecule has 1 atom stereocenters. The van der Waals surface area contributed by atoms with Gasteiger partial charge in [0.1, 0.15) is 6.54 Å². The molecule has 0 aliphatic carbocycles. The van der Waals surface area contributed by atoms with Crippen molar-refractivity contribution in [2.75, 3.05) is 13.1 Å². The van der Waals surface area contributed by atoms with Gasteiger partial charge in [0.2, 0.25) is 5.91 Å². The first kappa shape index (κ1) is 14.8. The first-order chi connectivity index (χ1) is 10.6. The molecule has 0 saturated carbocycles. The Hall–Kier alpha value is -2.17. The van der Waals surface area contributed by atoms with Gasteiger partial charge in [-0.2, -0.15) is 0 Å². The summed E-state index contributed by atoms with van der Waals surface area (Å²) in [5.41, 5.74) is 1.54. The second-order valence-corrected chi connectivity index (χ2v) is 6.24. The fourth-order valence-electron chi connectivity index (χ4n) is 3.11. The van der Waals surface area contributed by atoms with Gasteiger partial charge >= 0.3 is 0 Å². The third-order valence-corrected chi connectivity index (χ3v) is 4.37. The summed E-state index contributed by atoms with van der Waals surface area (Å²) in [6.45, 7) is 5.74. The van der Waals surface area contributed by atoms with E-state index >= 15 is 0 Å². The van der Waals surface area contributed by atoms with E-state index in [0.29, 0.717) is 16.8 Å². The third kappa shape index (κ3) is 2.75. The fourth-order valence-corrected chi connectivity index (χ4v) is 3.11. The van der Waals surface area contributed by atoms with Gasteiger partial charge in [-0.05, 0) is 37.3 Å². The molecule has 2 aromatic rings. The molecule has 1 aromatic carbocycles. The van der Waals surface area contributed by atoms with Crippen molar-refractivity contribution in [2.24, 2.45) is 5.92 Å². The zero-order chi connectivity index (χ0) is 15.7. The number of aryl methyl sites for hydroxylation is 1. The SMILES string of the molecule is Cc1cccc2c(=O)n(CC(=O)N3CCCC(C)C3)cnc12. The van der Waals surface area contributed by atoms with Crippen LogP contribution in [0.4, 0.5) is 0 Å². The number of fused-ring (bicyclic) bond motifs is 1. The molecule has 0 bridgehead atoms. The summed E-state index contributed by atoms with van der Waals surface area (Å²) in [7, 11) is 0. The van der Waals surface area contributed by atoms with Crippen LogP contribution in [0.3, 0.4) is 0 Å². The Morgan fingerprint density at radius 1 is 1.41 bits per heavy atom. The monoisotopic (exact) mass is 299 g/mol. The number of hydrogen-bond acceptors (Lipinski definition) is 3. The van der Waals surface area contributed by atoms with Gasteiger partial charge in [0.25, 0.3) is 5.56 Å². The molecular formula is C17H21N3O2. The fraction of sp³-hybridized carbons (Fsp3) is 0.471. The quantitative estimate of drug-likeness (QED) is 0.852. The summed E-state index contributed by atoms with van der Waals surface area (Å²) in [5, 5.41) is 0.572. The van der Waals surface area contributed by atoms with Crippen LogP contribution in [0.15, 0.2) is 29.3 Å². The first-order valence-electron chi connectivity index (χ1n) is 7.79. The molecule has 1 aromatic heterocycles. The molecule has 3 rings (SSSR count). The van der Waals surface area contributed by atoms with Crippen molar-refractivity contribution in [2.45, 2.75) is 33.2 Å². The van der Waals surface area contributed by atoms with Gasteiger partial charge in [0.05, 0.1) is 17.2 Å². The van der Waals surface area contributed by atoms with Crippen molar-refractivity contribution in [1.29, 1.82) is 0 Å². The van der Waals surface area contributed by atoms with Gasteiger partial charge in [-0.25, -0.2) is 4.98 Å². The maximum Gasteiger partial charge on any atom is 0.261 e. The Kier molecular flexibility index (Phi) is 3.96. The average Bonchev–Trinajstić information content (AvgIpc) is 2.50. The predicted molar refractivity (Wildman–Crippen MR) is 85.7 cm³/mol. The number of nitrogens with zero attached hydrogens (tertiary/aromatic N) is 3. The molecule has 1 aliphatic rings. The minimum atomic E-state index is -0.146. The molecule has 116 valence electrons. The largest absolute Gasteiger partial charge is 0.341 e. The molecule has 0 spiro atoms. The molecule has 22 heavy (non-hydrogen) atoms. The minimum Gasteiger partial charge on any atom is -0.341 e. The lowest BCUT2D eigenvalue weighted by atomic mass is 10.0. The first-order valence-corrected chi connectivity index (χ1v) is 7.79. The zero-order valence-electron chi connectivity index (χ0n) is 13.1. The Balaban J connectivity index is 1.86. The molecule has 5 nitrogen and oxygen atoms in total. The summed E-state index contributed by atoms with van der Waals surface area (Å²) < 4.78 is 1.42. The topological polar surface area (TPSA) is 55.2 Å². The van der Waals surface area contributed by atoms with E-state index in [2.05, 4.69) is 11.9 Å². The van der Waals surface area contributed by atoms with Crippen molar-refractivity contribution in [3.05, 3.63) is 40.4 Å². The zero-order valence-corrected chi connectivity index (χ0v) is 13.1. The number of likely N-dealkylation sites (tertiary alicyclic amines) is 1. The molecule has 1 saturated heterocycles. The highest BCUT2D eigenvalue weighted by Gasteiger charge is 2.21. The van der Waals surface area contributed by atoms with Crippen LogP contribution in [0, 0.1) is 12.8 Å². The number of piperidine rings is 1. The van der Waals surface area contributed by atoms with Crippen molar-refractivity contribution >= 4 is 16.8 Å². The smallest absolute Gasteiger partial charge is 0.261 e. The van der Waals surface area contributed by atoms with Crippen LogP contribution in [0.5, 0.6) is 0 Å². The van der Waals surface area contributed by atoms with E-state index in [1.807, 2.05) is 24.0 Å². The number of carbonyl (C=O) groups excluding carboxylic acids is 1. The van der Waals surface area contributed by atoms with E-state index in [1.165, 1.54) is 17.3 Å². The molecule has 1 amide bonds. The van der Waals surface area contributed by atoms with Crippen LogP contribution in [-0.2, 0) is 11.3 Å². The summed E-state index contributed by atoms with van der Waals surface area (Å²) in [5.74, 6) is 0.536. The van der Waals surface area contributed by atoms with Gasteiger partial charge < -0.3 is 4.90 Å². The average molecular weight is 299 g/mol. The summed E-state index contributed by atoms with van der Waals surface area (Å²) in [6.07, 6.45) is 3.69. The second kappa shape index (κ2) is 5.91. The van der Waals surface area contributed by atoms with E-state index in [9.17, 15) is 9.59 Å². The molecule has 2 heterocycles. The highest BCUT2D eigenvalue weighted by Crippen LogP contribution is 2.16. The van der Waals surface area contributed by atoms with Crippen molar-refractivity contribution in [3.8, 4) is 0 Å². The van der Waals surface area contributed by atoms with Crippen LogP contribution in [0.25, 0.3) is 10.9 Å². The third-order valence-electron chi connectivity index (χ3n) is 4.37. The Morgan fingerprint density at radius 3 is 3.00 bits per heavy atom. The molecular weight excluding hydrogens is 278 g/mol. The number of benzene rings is 1. The Morgan fingerprint density at radius 2 is 2.23 bits per heavy atom. The van der Waals surface area contributed by atoms with Crippen molar-refractivity contribution < 1.29 is 4.79 Å². The van der Waals surface area contributed by atoms with E-state index < -0.39 is 0 Å². The lowest BCUT2D eigenvalue weighted by molar-refractivity contribution is -0.133. The number of para-hydroxylation sites is 1. The van der Waals surface area contributed by atoms with Crippen LogP contribution in [0.1, 0.15) is 25.3 Å². The number of hydrogen-bond donors (Lipinski definition) is 0. The van der Waals surface area contributed by atoms with Crippen LogP contribution in [-0.4, -0.2) is 33.4 Å². The highest BCUT2D eigenvalue weighted by atomic mass is 16.2. The lowest BCUT2D eigenvalue weighted by Crippen LogP contribution is -2.42. The van der Waals surface area contributed by atoms with E-state index in [-0.39, 0.29) is 18.0 Å². The van der Waals surface area contributed by atoms with Crippen molar-refractivity contribution in [3.63, 3.8) is 0 Å². The summed E-state index contributed by atoms with van der Waals surface area (Å²) in [6, 6.07) is 5.54. The Bertz CT molecular complexity index is 766. The molecule has 5 heteroatoms. The minimum absolute atomic E-state index is 0.00227. The molecule has 1 fully saturated rings. The van der Waals surface area contributed by atoms with Gasteiger partial charge in [-0.3, -0.25) is 14.2 Å². The summed E-state index contributed by atoms with van der Waals surface area (Å²) >= 11 is 0. The predicted octanol–water partition coefficient (Wildman–Crippen LogP) is 1.96. The standard InChI is InChI=1S/C17H21N3O2/c1-12-5-4-8-19(9-12)15(21)10-20-11-18-16-13(2)6-3-7-14(16)17(20)22/h3,6-7,11-12H,4-5,8-10H2,1-2H3. The Labute approximate surface area is 129 Å².